The summed E-state index contributed by atoms with van der Waals surface area (Å²) in [5.74, 6) is 1.28. The number of nitrogens with zero attached hydrogens (tertiary/aromatic N) is 1. The molecule has 1 saturated carbocycles. The van der Waals surface area contributed by atoms with Crippen molar-refractivity contribution in [3.05, 3.63) is 54.4 Å². The minimum atomic E-state index is 0.0589. The van der Waals surface area contributed by atoms with E-state index in [1.807, 2.05) is 36.4 Å². The summed E-state index contributed by atoms with van der Waals surface area (Å²) in [6.45, 7) is 0. The van der Waals surface area contributed by atoms with Gasteiger partial charge in [-0.25, -0.2) is 0 Å². The number of methoxy groups -OCH3 is 1. The predicted octanol–water partition coefficient (Wildman–Crippen LogP) is 2.83. The van der Waals surface area contributed by atoms with Gasteiger partial charge in [0.2, 0.25) is 5.91 Å². The van der Waals surface area contributed by atoms with Gasteiger partial charge in [-0.05, 0) is 42.2 Å². The summed E-state index contributed by atoms with van der Waals surface area (Å²) in [6.07, 6.45) is 4.24. The monoisotopic (exact) mass is 268 g/mol. The Morgan fingerprint density at radius 3 is 2.75 bits per heavy atom. The van der Waals surface area contributed by atoms with Gasteiger partial charge in [-0.2, -0.15) is 0 Å². The summed E-state index contributed by atoms with van der Waals surface area (Å²) in [7, 11) is 1.65. The van der Waals surface area contributed by atoms with Gasteiger partial charge in [0, 0.05) is 12.1 Å². The molecule has 0 radical (unpaired) electrons. The van der Waals surface area contributed by atoms with Gasteiger partial charge in [-0.3, -0.25) is 9.78 Å². The molecule has 1 fully saturated rings. The zero-order valence-electron chi connectivity index (χ0n) is 11.2. The average molecular weight is 268 g/mol. The van der Waals surface area contributed by atoms with Gasteiger partial charge in [0.25, 0.3) is 0 Å². The molecule has 0 spiro atoms. The van der Waals surface area contributed by atoms with Crippen molar-refractivity contribution in [3.63, 3.8) is 0 Å². The number of pyridine rings is 1. The highest BCUT2D eigenvalue weighted by Crippen LogP contribution is 2.48. The number of amides is 1. The molecule has 0 aliphatic heterocycles. The number of nitrogens with one attached hydrogen (secondary N) is 1. The van der Waals surface area contributed by atoms with Gasteiger partial charge >= 0.3 is 0 Å². The van der Waals surface area contributed by atoms with Crippen molar-refractivity contribution in [1.82, 2.24) is 4.98 Å². The number of aromatic nitrogens is 1. The fourth-order valence-corrected chi connectivity index (χ4v) is 2.38. The quantitative estimate of drug-likeness (QED) is 0.927. The van der Waals surface area contributed by atoms with E-state index in [1.165, 1.54) is 5.56 Å². The van der Waals surface area contributed by atoms with E-state index in [2.05, 4.69) is 10.3 Å². The fourth-order valence-electron chi connectivity index (χ4n) is 2.38. The number of carbonyl (C=O) groups is 1. The molecular weight excluding hydrogens is 252 g/mol. The Balaban J connectivity index is 1.62. The van der Waals surface area contributed by atoms with Crippen LogP contribution in [-0.2, 0) is 4.79 Å². The molecule has 102 valence electrons. The average Bonchev–Trinajstić information content (AvgIpc) is 3.29. The van der Waals surface area contributed by atoms with Crippen molar-refractivity contribution >= 4 is 11.6 Å². The molecule has 1 heterocycles. The maximum atomic E-state index is 12.1. The molecule has 1 amide bonds. The van der Waals surface area contributed by atoms with E-state index in [1.54, 1.807) is 19.5 Å². The highest BCUT2D eigenvalue weighted by Gasteiger charge is 2.43. The fraction of sp³-hybridized carbons (Fsp3) is 0.250. The van der Waals surface area contributed by atoms with Gasteiger partial charge in [0.15, 0.2) is 0 Å². The second-order valence-electron chi connectivity index (χ2n) is 4.95. The van der Waals surface area contributed by atoms with Gasteiger partial charge < -0.3 is 10.1 Å². The van der Waals surface area contributed by atoms with Crippen LogP contribution in [0, 0.1) is 5.92 Å². The van der Waals surface area contributed by atoms with Crippen molar-refractivity contribution in [2.24, 2.45) is 5.92 Å². The second-order valence-corrected chi connectivity index (χ2v) is 4.95. The normalized spacial score (nSPS) is 20.2. The van der Waals surface area contributed by atoms with Crippen LogP contribution in [0.15, 0.2) is 48.8 Å². The van der Waals surface area contributed by atoms with Gasteiger partial charge in [-0.1, -0.05) is 12.1 Å². The second kappa shape index (κ2) is 5.33. The van der Waals surface area contributed by atoms with Crippen molar-refractivity contribution < 1.29 is 9.53 Å². The first-order valence-electron chi connectivity index (χ1n) is 6.63. The molecule has 4 heteroatoms. The Kier molecular flexibility index (Phi) is 3.37. The molecule has 2 atom stereocenters. The van der Waals surface area contributed by atoms with E-state index in [9.17, 15) is 4.79 Å². The summed E-state index contributed by atoms with van der Waals surface area (Å²) in [5.41, 5.74) is 1.94. The zero-order valence-corrected chi connectivity index (χ0v) is 11.2. The minimum Gasteiger partial charge on any atom is -0.497 e. The van der Waals surface area contributed by atoms with Crippen molar-refractivity contribution in [2.45, 2.75) is 12.3 Å². The highest BCUT2D eigenvalue weighted by molar-refractivity contribution is 5.95. The maximum Gasteiger partial charge on any atom is 0.228 e. The third kappa shape index (κ3) is 2.64. The van der Waals surface area contributed by atoms with E-state index in [0.29, 0.717) is 5.92 Å². The van der Waals surface area contributed by atoms with Crippen LogP contribution in [0.5, 0.6) is 5.75 Å². The van der Waals surface area contributed by atoms with E-state index in [0.717, 1.165) is 17.9 Å². The lowest BCUT2D eigenvalue weighted by Crippen LogP contribution is -2.14. The third-order valence-corrected chi connectivity index (χ3v) is 3.60. The summed E-state index contributed by atoms with van der Waals surface area (Å²) in [5, 5.41) is 2.90. The third-order valence-electron chi connectivity index (χ3n) is 3.60. The zero-order chi connectivity index (χ0) is 13.9. The Hall–Kier alpha value is -2.36. The standard InChI is InChI=1S/C16H16N2O2/c1-20-13-6-4-11(5-7-13)14-9-15(14)16(19)18-12-3-2-8-17-10-12/h2-8,10,14-15H,9H2,1H3,(H,18,19). The van der Waals surface area contributed by atoms with E-state index in [-0.39, 0.29) is 11.8 Å². The number of carbonyl (C=O) groups excluding carboxylic acids is 1. The molecule has 4 nitrogen and oxygen atoms in total. The topological polar surface area (TPSA) is 51.2 Å². The predicted molar refractivity (Wildman–Crippen MR) is 76.7 cm³/mol. The number of hydrogen-bond donors (Lipinski definition) is 1. The summed E-state index contributed by atoms with van der Waals surface area (Å²) in [4.78, 5) is 16.1. The molecule has 2 aromatic rings. The summed E-state index contributed by atoms with van der Waals surface area (Å²) in [6, 6.07) is 11.6. The lowest BCUT2D eigenvalue weighted by atomic mass is 10.1. The van der Waals surface area contributed by atoms with Crippen LogP contribution < -0.4 is 10.1 Å². The Morgan fingerprint density at radius 2 is 2.10 bits per heavy atom. The molecule has 1 aromatic carbocycles. The van der Waals surface area contributed by atoms with Crippen LogP contribution in [0.1, 0.15) is 17.9 Å². The number of benzene rings is 1. The molecule has 1 N–H and O–H groups in total. The minimum absolute atomic E-state index is 0.0589. The van der Waals surface area contributed by atoms with Gasteiger partial charge in [0.05, 0.1) is 19.0 Å². The maximum absolute atomic E-state index is 12.1. The van der Waals surface area contributed by atoms with Crippen LogP contribution in [-0.4, -0.2) is 18.0 Å². The molecule has 0 saturated heterocycles. The highest BCUT2D eigenvalue weighted by atomic mass is 16.5. The van der Waals surface area contributed by atoms with E-state index < -0.39 is 0 Å². The first-order chi connectivity index (χ1) is 9.78. The Bertz CT molecular complexity index is 596. The van der Waals surface area contributed by atoms with E-state index in [4.69, 9.17) is 4.74 Å². The van der Waals surface area contributed by atoms with Crippen molar-refractivity contribution in [2.75, 3.05) is 12.4 Å². The van der Waals surface area contributed by atoms with Crippen LogP contribution in [0.4, 0.5) is 5.69 Å². The first-order valence-corrected chi connectivity index (χ1v) is 6.63. The first kappa shape index (κ1) is 12.7. The smallest absolute Gasteiger partial charge is 0.228 e. The number of rotatable bonds is 4. The summed E-state index contributed by atoms with van der Waals surface area (Å²) < 4.78 is 5.14. The Labute approximate surface area is 117 Å². The lowest BCUT2D eigenvalue weighted by Gasteiger charge is -2.05. The van der Waals surface area contributed by atoms with Crippen LogP contribution in [0.2, 0.25) is 0 Å². The van der Waals surface area contributed by atoms with Gasteiger partial charge in [0.1, 0.15) is 5.75 Å². The van der Waals surface area contributed by atoms with Crippen LogP contribution >= 0.6 is 0 Å². The number of anilines is 1. The number of ether oxygens (including phenoxy) is 1. The molecule has 20 heavy (non-hydrogen) atoms. The van der Waals surface area contributed by atoms with Gasteiger partial charge in [-0.15, -0.1) is 0 Å². The summed E-state index contributed by atoms with van der Waals surface area (Å²) >= 11 is 0. The SMILES string of the molecule is COc1ccc(C2CC2C(=O)Nc2cccnc2)cc1. The largest absolute Gasteiger partial charge is 0.497 e. The molecule has 1 aromatic heterocycles. The van der Waals surface area contributed by atoms with Crippen molar-refractivity contribution in [1.29, 1.82) is 0 Å². The molecule has 1 aliphatic carbocycles. The Morgan fingerprint density at radius 1 is 1.30 bits per heavy atom. The number of hydrogen-bond acceptors (Lipinski definition) is 3. The molecule has 1 aliphatic rings. The van der Waals surface area contributed by atoms with Crippen molar-refractivity contribution in [3.8, 4) is 5.75 Å². The molecule has 2 unspecified atom stereocenters. The van der Waals surface area contributed by atoms with Crippen LogP contribution in [0.25, 0.3) is 0 Å². The van der Waals surface area contributed by atoms with Crippen LogP contribution in [0.3, 0.4) is 0 Å². The lowest BCUT2D eigenvalue weighted by molar-refractivity contribution is -0.117. The molecule has 3 rings (SSSR count). The molecular formula is C16H16N2O2. The molecule has 0 bridgehead atoms. The van der Waals surface area contributed by atoms with E-state index >= 15 is 0 Å².